The van der Waals surface area contributed by atoms with Crippen LogP contribution in [0.2, 0.25) is 0 Å². The molecule has 3 heteroatoms. The number of aliphatic hydroxyl groups is 1. The fraction of sp³-hybridized carbons (Fsp3) is 0.455. The summed E-state index contributed by atoms with van der Waals surface area (Å²) in [5.41, 5.74) is 0.892. The fourth-order valence-electron chi connectivity index (χ4n) is 1.97. The summed E-state index contributed by atoms with van der Waals surface area (Å²) in [6.45, 7) is 0. The van der Waals surface area contributed by atoms with E-state index in [1.165, 1.54) is 0 Å². The lowest BCUT2D eigenvalue weighted by Crippen LogP contribution is -2.26. The lowest BCUT2D eigenvalue weighted by molar-refractivity contribution is -0.0854. The molecule has 0 bridgehead atoms. The van der Waals surface area contributed by atoms with E-state index in [4.69, 9.17) is 5.11 Å². The molecule has 0 radical (unpaired) electrons. The van der Waals surface area contributed by atoms with Gasteiger partial charge in [0.25, 0.3) is 5.92 Å². The van der Waals surface area contributed by atoms with Gasteiger partial charge in [0.1, 0.15) is 6.10 Å². The molecule has 1 aromatic rings. The second-order valence-corrected chi connectivity index (χ2v) is 3.82. The first-order valence-corrected chi connectivity index (χ1v) is 4.70. The Morgan fingerprint density at radius 1 is 1.21 bits per heavy atom. The second kappa shape index (κ2) is 3.31. The van der Waals surface area contributed by atoms with Gasteiger partial charge in [-0.15, -0.1) is 0 Å². The summed E-state index contributed by atoms with van der Waals surface area (Å²) in [6, 6.07) is 9.18. The Bertz CT molecular complexity index is 310. The van der Waals surface area contributed by atoms with Crippen molar-refractivity contribution in [3.05, 3.63) is 35.9 Å². The van der Waals surface area contributed by atoms with Gasteiger partial charge in [-0.05, 0) is 17.9 Å². The van der Waals surface area contributed by atoms with Gasteiger partial charge < -0.3 is 5.11 Å². The molecule has 0 amide bonds. The Balaban J connectivity index is 2.17. The van der Waals surface area contributed by atoms with Crippen LogP contribution < -0.4 is 0 Å². The molecule has 1 saturated carbocycles. The van der Waals surface area contributed by atoms with Gasteiger partial charge in [-0.2, -0.15) is 0 Å². The van der Waals surface area contributed by atoms with Crippen LogP contribution in [0.1, 0.15) is 24.3 Å². The van der Waals surface area contributed by atoms with Crippen molar-refractivity contribution in [2.45, 2.75) is 30.8 Å². The summed E-state index contributed by atoms with van der Waals surface area (Å²) in [6.07, 6.45) is -1.55. The number of hydrogen-bond acceptors (Lipinski definition) is 1. The maximum Gasteiger partial charge on any atom is 0.274 e. The lowest BCUT2D eigenvalue weighted by atomic mass is 9.98. The van der Waals surface area contributed by atoms with E-state index in [1.54, 1.807) is 0 Å². The van der Waals surface area contributed by atoms with Crippen LogP contribution in [0, 0.1) is 0 Å². The van der Waals surface area contributed by atoms with E-state index in [1.807, 2.05) is 30.3 Å². The molecule has 1 aromatic carbocycles. The SMILES string of the molecule is OC1CC(c2ccccc2)CC1(F)F. The third kappa shape index (κ3) is 1.64. The average Bonchev–Trinajstić information content (AvgIpc) is 2.43. The van der Waals surface area contributed by atoms with Gasteiger partial charge in [0, 0.05) is 6.42 Å². The van der Waals surface area contributed by atoms with Crippen molar-refractivity contribution >= 4 is 0 Å². The standard InChI is InChI=1S/C11H12F2O/c12-11(13)7-9(6-10(11)14)8-4-2-1-3-5-8/h1-5,9-10,14H,6-7H2. The number of rotatable bonds is 1. The molecular weight excluding hydrogens is 186 g/mol. The van der Waals surface area contributed by atoms with Crippen LogP contribution in [0.25, 0.3) is 0 Å². The Morgan fingerprint density at radius 2 is 1.86 bits per heavy atom. The summed E-state index contributed by atoms with van der Waals surface area (Å²) in [7, 11) is 0. The Morgan fingerprint density at radius 3 is 2.36 bits per heavy atom. The molecule has 0 aromatic heterocycles. The zero-order valence-electron chi connectivity index (χ0n) is 7.66. The molecule has 14 heavy (non-hydrogen) atoms. The molecular formula is C11H12F2O. The van der Waals surface area contributed by atoms with E-state index >= 15 is 0 Å². The van der Waals surface area contributed by atoms with Crippen LogP contribution in [-0.4, -0.2) is 17.1 Å². The maximum atomic E-state index is 13.0. The van der Waals surface area contributed by atoms with Crippen molar-refractivity contribution in [1.82, 2.24) is 0 Å². The highest BCUT2D eigenvalue weighted by Crippen LogP contribution is 2.44. The van der Waals surface area contributed by atoms with Crippen molar-refractivity contribution in [2.75, 3.05) is 0 Å². The zero-order chi connectivity index (χ0) is 10.2. The molecule has 0 saturated heterocycles. The van der Waals surface area contributed by atoms with Gasteiger partial charge >= 0.3 is 0 Å². The van der Waals surface area contributed by atoms with Crippen LogP contribution >= 0.6 is 0 Å². The molecule has 0 heterocycles. The molecule has 1 fully saturated rings. The number of aliphatic hydroxyl groups excluding tert-OH is 1. The summed E-state index contributed by atoms with van der Waals surface area (Å²) < 4.78 is 26.0. The predicted molar refractivity (Wildman–Crippen MR) is 49.4 cm³/mol. The average molecular weight is 198 g/mol. The summed E-state index contributed by atoms with van der Waals surface area (Å²) in [4.78, 5) is 0. The minimum atomic E-state index is -2.92. The number of halogens is 2. The second-order valence-electron chi connectivity index (χ2n) is 3.82. The molecule has 76 valence electrons. The first kappa shape index (κ1) is 9.59. The van der Waals surface area contributed by atoms with Crippen LogP contribution in [-0.2, 0) is 0 Å². The van der Waals surface area contributed by atoms with Crippen molar-refractivity contribution in [3.8, 4) is 0 Å². The molecule has 1 aliphatic rings. The molecule has 1 N–H and O–H groups in total. The number of benzene rings is 1. The van der Waals surface area contributed by atoms with Crippen molar-refractivity contribution < 1.29 is 13.9 Å². The number of alkyl halides is 2. The van der Waals surface area contributed by atoms with Gasteiger partial charge in [0.05, 0.1) is 0 Å². The van der Waals surface area contributed by atoms with Crippen LogP contribution in [0.4, 0.5) is 8.78 Å². The van der Waals surface area contributed by atoms with Gasteiger partial charge in [-0.25, -0.2) is 8.78 Å². The Labute approximate surface area is 81.4 Å². The van der Waals surface area contributed by atoms with E-state index < -0.39 is 12.0 Å². The van der Waals surface area contributed by atoms with Crippen molar-refractivity contribution in [3.63, 3.8) is 0 Å². The summed E-state index contributed by atoms with van der Waals surface area (Å²) in [5.74, 6) is -3.12. The molecule has 2 atom stereocenters. The molecule has 1 aliphatic carbocycles. The minimum Gasteiger partial charge on any atom is -0.387 e. The topological polar surface area (TPSA) is 20.2 Å². The van der Waals surface area contributed by atoms with Crippen molar-refractivity contribution in [2.24, 2.45) is 0 Å². The quantitative estimate of drug-likeness (QED) is 0.735. The van der Waals surface area contributed by atoms with Gasteiger partial charge in [-0.1, -0.05) is 30.3 Å². The first-order chi connectivity index (χ1) is 6.59. The van der Waals surface area contributed by atoms with E-state index in [2.05, 4.69) is 0 Å². The zero-order valence-corrected chi connectivity index (χ0v) is 7.66. The first-order valence-electron chi connectivity index (χ1n) is 4.70. The minimum absolute atomic E-state index is 0.164. The molecule has 1 nitrogen and oxygen atoms in total. The van der Waals surface area contributed by atoms with Gasteiger partial charge in [-0.3, -0.25) is 0 Å². The molecule has 0 spiro atoms. The Hall–Kier alpha value is -0.960. The lowest BCUT2D eigenvalue weighted by Gasteiger charge is -2.11. The molecule has 2 rings (SSSR count). The smallest absolute Gasteiger partial charge is 0.274 e. The summed E-state index contributed by atoms with van der Waals surface area (Å²) >= 11 is 0. The fourth-order valence-corrected chi connectivity index (χ4v) is 1.97. The van der Waals surface area contributed by atoms with E-state index in [-0.39, 0.29) is 18.8 Å². The normalized spacial score (nSPS) is 30.5. The van der Waals surface area contributed by atoms with E-state index in [0.717, 1.165) is 5.56 Å². The van der Waals surface area contributed by atoms with E-state index in [9.17, 15) is 8.78 Å². The third-order valence-corrected chi connectivity index (χ3v) is 2.78. The summed E-state index contributed by atoms with van der Waals surface area (Å²) in [5, 5.41) is 9.14. The number of hydrogen-bond donors (Lipinski definition) is 1. The van der Waals surface area contributed by atoms with Crippen LogP contribution in [0.15, 0.2) is 30.3 Å². The molecule has 0 aliphatic heterocycles. The van der Waals surface area contributed by atoms with E-state index in [0.29, 0.717) is 0 Å². The highest BCUT2D eigenvalue weighted by atomic mass is 19.3. The molecule has 2 unspecified atom stereocenters. The maximum absolute atomic E-state index is 13.0. The Kier molecular flexibility index (Phi) is 2.27. The highest BCUT2D eigenvalue weighted by molar-refractivity contribution is 5.22. The van der Waals surface area contributed by atoms with Gasteiger partial charge in [0.15, 0.2) is 0 Å². The van der Waals surface area contributed by atoms with Crippen molar-refractivity contribution in [1.29, 1.82) is 0 Å². The van der Waals surface area contributed by atoms with Gasteiger partial charge in [0.2, 0.25) is 0 Å². The predicted octanol–water partition coefficient (Wildman–Crippen LogP) is 2.56. The van der Waals surface area contributed by atoms with Crippen LogP contribution in [0.3, 0.4) is 0 Å². The highest BCUT2D eigenvalue weighted by Gasteiger charge is 2.48. The largest absolute Gasteiger partial charge is 0.387 e. The third-order valence-electron chi connectivity index (χ3n) is 2.78. The monoisotopic (exact) mass is 198 g/mol. The van der Waals surface area contributed by atoms with Crippen LogP contribution in [0.5, 0.6) is 0 Å².